The minimum absolute atomic E-state index is 0.00924. The number of ether oxygens (including phenoxy) is 1. The van der Waals surface area contributed by atoms with Crippen molar-refractivity contribution >= 4 is 0 Å². The molecule has 0 spiro atoms. The third kappa shape index (κ3) is 3.40. The van der Waals surface area contributed by atoms with Gasteiger partial charge in [0.1, 0.15) is 12.4 Å². The third-order valence-corrected chi connectivity index (χ3v) is 2.13. The van der Waals surface area contributed by atoms with Crippen molar-refractivity contribution in [2.45, 2.75) is 26.8 Å². The molecule has 0 unspecified atom stereocenters. The zero-order chi connectivity index (χ0) is 11.4. The van der Waals surface area contributed by atoms with Gasteiger partial charge in [0.15, 0.2) is 0 Å². The monoisotopic (exact) mass is 205 g/mol. The fourth-order valence-electron chi connectivity index (χ4n) is 1.36. The predicted molar refractivity (Wildman–Crippen MR) is 64.1 cm³/mol. The molecule has 0 heterocycles. The average molecular weight is 205 g/mol. The van der Waals surface area contributed by atoms with Gasteiger partial charge in [-0.1, -0.05) is 24.3 Å². The van der Waals surface area contributed by atoms with Gasteiger partial charge in [0.05, 0.1) is 0 Å². The third-order valence-electron chi connectivity index (χ3n) is 2.13. The molecule has 0 radical (unpaired) electrons. The zero-order valence-corrected chi connectivity index (χ0v) is 9.71. The molecule has 0 fully saturated rings. The molecule has 2 N–H and O–H groups in total. The van der Waals surface area contributed by atoms with E-state index in [2.05, 4.69) is 19.6 Å². The number of hydrogen-bond acceptors (Lipinski definition) is 2. The topological polar surface area (TPSA) is 35.2 Å². The quantitative estimate of drug-likeness (QED) is 0.767. The molecule has 2 heteroatoms. The van der Waals surface area contributed by atoms with Crippen LogP contribution in [0.25, 0.3) is 0 Å². The molecular weight excluding hydrogens is 186 g/mol. The number of rotatable bonds is 4. The van der Waals surface area contributed by atoms with E-state index in [1.807, 2.05) is 26.0 Å². The van der Waals surface area contributed by atoms with Crippen LogP contribution in [-0.2, 0) is 0 Å². The van der Waals surface area contributed by atoms with Gasteiger partial charge in [-0.05, 0) is 32.4 Å². The van der Waals surface area contributed by atoms with Crippen molar-refractivity contribution in [3.05, 3.63) is 41.5 Å². The van der Waals surface area contributed by atoms with Gasteiger partial charge in [-0.2, -0.15) is 0 Å². The minimum atomic E-state index is -0.00924. The zero-order valence-electron chi connectivity index (χ0n) is 9.71. The van der Waals surface area contributed by atoms with Gasteiger partial charge in [-0.25, -0.2) is 0 Å². The second-order valence-electron chi connectivity index (χ2n) is 4.08. The van der Waals surface area contributed by atoms with Crippen molar-refractivity contribution in [1.29, 1.82) is 0 Å². The molecule has 1 rings (SSSR count). The maximum absolute atomic E-state index is 5.89. The van der Waals surface area contributed by atoms with Crippen LogP contribution in [0, 0.1) is 6.92 Å². The Morgan fingerprint density at radius 3 is 2.73 bits per heavy atom. The molecule has 82 valence electrons. The Bertz CT molecular complexity index is 356. The fourth-order valence-corrected chi connectivity index (χ4v) is 1.36. The van der Waals surface area contributed by atoms with Crippen LogP contribution in [0.1, 0.15) is 31.0 Å². The Hall–Kier alpha value is -1.28. The van der Waals surface area contributed by atoms with Gasteiger partial charge < -0.3 is 10.5 Å². The van der Waals surface area contributed by atoms with Gasteiger partial charge in [0.2, 0.25) is 0 Å². The molecule has 0 aromatic heterocycles. The summed E-state index contributed by atoms with van der Waals surface area (Å²) in [5, 5.41) is 0. The number of nitrogens with two attached hydrogens (primary N) is 1. The molecule has 1 aromatic rings. The molecule has 1 atom stereocenters. The normalized spacial score (nSPS) is 12.3. The molecule has 0 amide bonds. The van der Waals surface area contributed by atoms with E-state index in [1.165, 1.54) is 5.56 Å². The van der Waals surface area contributed by atoms with Crippen molar-refractivity contribution < 1.29 is 4.74 Å². The summed E-state index contributed by atoms with van der Waals surface area (Å²) < 4.78 is 5.64. The van der Waals surface area contributed by atoms with E-state index in [9.17, 15) is 0 Å². The van der Waals surface area contributed by atoms with E-state index < -0.39 is 0 Å². The first-order chi connectivity index (χ1) is 7.00. The number of aryl methyl sites for hydroxylation is 1. The molecule has 0 aliphatic rings. The van der Waals surface area contributed by atoms with E-state index >= 15 is 0 Å². The Kier molecular flexibility index (Phi) is 3.92. The Morgan fingerprint density at radius 1 is 1.53 bits per heavy atom. The largest absolute Gasteiger partial charge is 0.489 e. The summed E-state index contributed by atoms with van der Waals surface area (Å²) in [7, 11) is 0. The van der Waals surface area contributed by atoms with Crippen molar-refractivity contribution in [3.8, 4) is 5.75 Å². The van der Waals surface area contributed by atoms with Crippen LogP contribution >= 0.6 is 0 Å². The van der Waals surface area contributed by atoms with Crippen LogP contribution in [0.2, 0.25) is 0 Å². The minimum Gasteiger partial charge on any atom is -0.489 e. The van der Waals surface area contributed by atoms with Gasteiger partial charge in [-0.15, -0.1) is 0 Å². The van der Waals surface area contributed by atoms with Crippen molar-refractivity contribution in [1.82, 2.24) is 0 Å². The number of benzene rings is 1. The van der Waals surface area contributed by atoms with Crippen LogP contribution in [0.3, 0.4) is 0 Å². The summed E-state index contributed by atoms with van der Waals surface area (Å²) in [6.45, 7) is 10.3. The Morgan fingerprint density at radius 2 is 2.20 bits per heavy atom. The smallest absolute Gasteiger partial charge is 0.124 e. The summed E-state index contributed by atoms with van der Waals surface area (Å²) >= 11 is 0. The molecular formula is C13H19NO. The Balaban J connectivity index is 2.90. The van der Waals surface area contributed by atoms with E-state index in [0.29, 0.717) is 6.61 Å². The first-order valence-electron chi connectivity index (χ1n) is 5.14. The Labute approximate surface area is 91.7 Å². The van der Waals surface area contributed by atoms with Crippen LogP contribution in [0.15, 0.2) is 30.4 Å². The lowest BCUT2D eigenvalue weighted by Gasteiger charge is -2.14. The van der Waals surface area contributed by atoms with Crippen LogP contribution in [0.5, 0.6) is 5.75 Å². The molecule has 2 nitrogen and oxygen atoms in total. The van der Waals surface area contributed by atoms with Crippen LogP contribution in [-0.4, -0.2) is 6.61 Å². The highest BCUT2D eigenvalue weighted by Gasteiger charge is 2.08. The summed E-state index contributed by atoms with van der Waals surface area (Å²) in [5.41, 5.74) is 9.14. The van der Waals surface area contributed by atoms with Crippen molar-refractivity contribution in [3.63, 3.8) is 0 Å². The molecule has 0 aliphatic heterocycles. The lowest BCUT2D eigenvalue weighted by atomic mass is 10.1. The summed E-state index contributed by atoms with van der Waals surface area (Å²) in [6, 6.07) is 6.06. The van der Waals surface area contributed by atoms with Gasteiger partial charge >= 0.3 is 0 Å². The van der Waals surface area contributed by atoms with Crippen LogP contribution < -0.4 is 10.5 Å². The van der Waals surface area contributed by atoms with Crippen LogP contribution in [0.4, 0.5) is 0 Å². The first kappa shape index (κ1) is 11.8. The summed E-state index contributed by atoms with van der Waals surface area (Å²) in [5.74, 6) is 0.860. The van der Waals surface area contributed by atoms with Gasteiger partial charge in [0, 0.05) is 11.6 Å². The first-order valence-corrected chi connectivity index (χ1v) is 5.14. The summed E-state index contributed by atoms with van der Waals surface area (Å²) in [4.78, 5) is 0. The van der Waals surface area contributed by atoms with E-state index in [4.69, 9.17) is 10.5 Å². The summed E-state index contributed by atoms with van der Waals surface area (Å²) in [6.07, 6.45) is 0. The lowest BCUT2D eigenvalue weighted by Crippen LogP contribution is -2.09. The molecule has 0 saturated carbocycles. The standard InChI is InChI=1S/C13H19NO/c1-9(2)8-15-13-6-5-10(3)7-12(13)11(4)14/h5-7,11H,1,8,14H2,2-4H3/t11-/m0/s1. The highest BCUT2D eigenvalue weighted by atomic mass is 16.5. The SMILES string of the molecule is C=C(C)COc1ccc(C)cc1[C@H](C)N. The van der Waals surface area contributed by atoms with Gasteiger partial charge in [0.25, 0.3) is 0 Å². The lowest BCUT2D eigenvalue weighted by molar-refractivity contribution is 0.347. The fraction of sp³-hybridized carbons (Fsp3) is 0.385. The molecule has 0 aliphatic carbocycles. The van der Waals surface area contributed by atoms with E-state index in [-0.39, 0.29) is 6.04 Å². The highest BCUT2D eigenvalue weighted by Crippen LogP contribution is 2.25. The second kappa shape index (κ2) is 4.99. The molecule has 15 heavy (non-hydrogen) atoms. The maximum atomic E-state index is 5.89. The van der Waals surface area contributed by atoms with Crippen molar-refractivity contribution in [2.24, 2.45) is 5.73 Å². The van der Waals surface area contributed by atoms with Gasteiger partial charge in [-0.3, -0.25) is 0 Å². The predicted octanol–water partition coefficient (Wildman–Crippen LogP) is 2.97. The second-order valence-corrected chi connectivity index (χ2v) is 4.08. The van der Waals surface area contributed by atoms with E-state index in [0.717, 1.165) is 16.9 Å². The molecule has 0 bridgehead atoms. The number of hydrogen-bond donors (Lipinski definition) is 1. The highest BCUT2D eigenvalue weighted by molar-refractivity contribution is 5.38. The molecule has 0 saturated heterocycles. The maximum Gasteiger partial charge on any atom is 0.124 e. The molecule has 1 aromatic carbocycles. The average Bonchev–Trinajstić information content (AvgIpc) is 2.15. The van der Waals surface area contributed by atoms with Crippen molar-refractivity contribution in [2.75, 3.05) is 6.61 Å². The van der Waals surface area contributed by atoms with E-state index in [1.54, 1.807) is 0 Å².